The molecule has 4 rings (SSSR count). The summed E-state index contributed by atoms with van der Waals surface area (Å²) in [6, 6.07) is 19.1. The van der Waals surface area contributed by atoms with Crippen LogP contribution in [0.15, 0.2) is 72.8 Å². The van der Waals surface area contributed by atoms with Crippen molar-refractivity contribution in [2.75, 3.05) is 12.4 Å². The molecule has 0 radical (unpaired) electrons. The summed E-state index contributed by atoms with van der Waals surface area (Å²) in [7, 11) is 1.51. The van der Waals surface area contributed by atoms with E-state index in [1.54, 1.807) is 48.5 Å². The second kappa shape index (κ2) is 9.54. The highest BCUT2D eigenvalue weighted by Gasteiger charge is 2.43. The van der Waals surface area contributed by atoms with Crippen LogP contribution in [0.2, 0.25) is 0 Å². The van der Waals surface area contributed by atoms with Crippen LogP contribution in [0, 0.1) is 13.8 Å². The molecule has 35 heavy (non-hydrogen) atoms. The maximum absolute atomic E-state index is 13.6. The lowest BCUT2D eigenvalue weighted by atomic mass is 10.0. The molecule has 1 aliphatic rings. The zero-order valence-electron chi connectivity index (χ0n) is 20.1. The van der Waals surface area contributed by atoms with E-state index in [-0.39, 0.29) is 17.0 Å². The summed E-state index contributed by atoms with van der Waals surface area (Å²) < 4.78 is 0. The number of rotatable bonds is 6. The van der Waals surface area contributed by atoms with Gasteiger partial charge in [0.15, 0.2) is 0 Å². The first-order valence-corrected chi connectivity index (χ1v) is 11.4. The van der Waals surface area contributed by atoms with Gasteiger partial charge in [-0.25, -0.2) is 0 Å². The number of anilines is 1. The molecule has 1 aliphatic heterocycles. The Kier molecular flexibility index (Phi) is 6.51. The zero-order valence-corrected chi connectivity index (χ0v) is 20.1. The number of benzene rings is 3. The summed E-state index contributed by atoms with van der Waals surface area (Å²) >= 11 is 0. The third-order valence-electron chi connectivity index (χ3n) is 6.40. The van der Waals surface area contributed by atoms with Gasteiger partial charge in [-0.2, -0.15) is 0 Å². The SMILES string of the molecule is Cc1cccc(C)c1NC(=O)[C@@H](c1ccccc1)N(C)C(=O)[C@H](C)N1C(=O)c2ccccc2C1=O. The number of fused-ring (bicyclic) bond motifs is 1. The first-order chi connectivity index (χ1) is 16.7. The predicted octanol–water partition coefficient (Wildman–Crippen LogP) is 4.13. The van der Waals surface area contributed by atoms with Crippen molar-refractivity contribution in [2.45, 2.75) is 32.9 Å². The molecular weight excluding hydrogens is 442 g/mol. The van der Waals surface area contributed by atoms with Crippen LogP contribution >= 0.6 is 0 Å². The van der Waals surface area contributed by atoms with Crippen molar-refractivity contribution in [1.82, 2.24) is 9.80 Å². The quantitative estimate of drug-likeness (QED) is 0.550. The summed E-state index contributed by atoms with van der Waals surface area (Å²) in [4.78, 5) is 55.2. The predicted molar refractivity (Wildman–Crippen MR) is 133 cm³/mol. The minimum Gasteiger partial charge on any atom is -0.328 e. The fraction of sp³-hybridized carbons (Fsp3) is 0.214. The third-order valence-corrected chi connectivity index (χ3v) is 6.40. The van der Waals surface area contributed by atoms with Crippen LogP contribution < -0.4 is 5.32 Å². The average molecular weight is 470 g/mol. The lowest BCUT2D eigenvalue weighted by molar-refractivity contribution is -0.140. The van der Waals surface area contributed by atoms with Gasteiger partial charge < -0.3 is 10.2 Å². The van der Waals surface area contributed by atoms with Gasteiger partial charge in [-0.05, 0) is 49.6 Å². The van der Waals surface area contributed by atoms with E-state index in [0.717, 1.165) is 16.0 Å². The van der Waals surface area contributed by atoms with E-state index in [4.69, 9.17) is 0 Å². The van der Waals surface area contributed by atoms with Crippen molar-refractivity contribution in [3.05, 3.63) is 101 Å². The van der Waals surface area contributed by atoms with E-state index < -0.39 is 29.8 Å². The van der Waals surface area contributed by atoms with Crippen LogP contribution in [0.4, 0.5) is 5.69 Å². The van der Waals surface area contributed by atoms with E-state index in [9.17, 15) is 19.2 Å². The molecule has 0 saturated carbocycles. The number of hydrogen-bond acceptors (Lipinski definition) is 4. The third kappa shape index (κ3) is 4.33. The number of aryl methyl sites for hydroxylation is 2. The van der Waals surface area contributed by atoms with E-state index >= 15 is 0 Å². The van der Waals surface area contributed by atoms with E-state index in [1.165, 1.54) is 18.9 Å². The number of amides is 4. The molecular formula is C28H27N3O4. The Morgan fingerprint density at radius 2 is 1.31 bits per heavy atom. The second-order valence-corrected chi connectivity index (χ2v) is 8.72. The average Bonchev–Trinajstić information content (AvgIpc) is 3.11. The number of carbonyl (C=O) groups excluding carboxylic acids is 4. The number of para-hydroxylation sites is 1. The van der Waals surface area contributed by atoms with Gasteiger partial charge in [0.1, 0.15) is 12.1 Å². The largest absolute Gasteiger partial charge is 0.328 e. The van der Waals surface area contributed by atoms with Gasteiger partial charge in [0.05, 0.1) is 11.1 Å². The van der Waals surface area contributed by atoms with Crippen molar-refractivity contribution in [3.63, 3.8) is 0 Å². The Balaban J connectivity index is 1.64. The Bertz CT molecular complexity index is 1260. The van der Waals surface area contributed by atoms with Crippen molar-refractivity contribution < 1.29 is 19.2 Å². The van der Waals surface area contributed by atoms with Crippen molar-refractivity contribution in [1.29, 1.82) is 0 Å². The maximum Gasteiger partial charge on any atom is 0.262 e. The molecule has 0 fully saturated rings. The van der Waals surface area contributed by atoms with Gasteiger partial charge >= 0.3 is 0 Å². The lowest BCUT2D eigenvalue weighted by Crippen LogP contribution is -2.50. The molecule has 1 heterocycles. The van der Waals surface area contributed by atoms with Crippen LogP contribution in [0.1, 0.15) is 50.4 Å². The zero-order chi connectivity index (χ0) is 25.3. The molecule has 0 aromatic heterocycles. The molecule has 1 N–H and O–H groups in total. The Hall–Kier alpha value is -4.26. The molecule has 3 aromatic carbocycles. The first-order valence-electron chi connectivity index (χ1n) is 11.4. The molecule has 7 heteroatoms. The smallest absolute Gasteiger partial charge is 0.262 e. The van der Waals surface area contributed by atoms with E-state index in [0.29, 0.717) is 11.3 Å². The van der Waals surface area contributed by atoms with Crippen molar-refractivity contribution in [2.24, 2.45) is 0 Å². The normalized spacial score (nSPS) is 14.3. The highest BCUT2D eigenvalue weighted by molar-refractivity contribution is 6.22. The standard InChI is InChI=1S/C28H27N3O4/c1-17-11-10-12-18(2)23(17)29-25(32)24(20-13-6-5-7-14-20)30(4)26(33)19(3)31-27(34)21-15-8-9-16-22(21)28(31)35/h5-16,19,24H,1-4H3,(H,29,32)/t19-,24+/m0/s1. The van der Waals surface area contributed by atoms with Gasteiger partial charge in [-0.15, -0.1) is 0 Å². The Morgan fingerprint density at radius 1 is 0.800 bits per heavy atom. The minimum atomic E-state index is -1.09. The monoisotopic (exact) mass is 469 g/mol. The van der Waals surface area contributed by atoms with Crippen LogP contribution in [-0.2, 0) is 9.59 Å². The molecule has 2 atom stereocenters. The topological polar surface area (TPSA) is 86.8 Å². The van der Waals surface area contributed by atoms with Crippen LogP contribution in [0.25, 0.3) is 0 Å². The molecule has 0 bridgehead atoms. The number of nitrogens with zero attached hydrogens (tertiary/aromatic N) is 2. The van der Waals surface area contributed by atoms with Gasteiger partial charge in [-0.1, -0.05) is 60.7 Å². The summed E-state index contributed by atoms with van der Waals surface area (Å²) in [5, 5.41) is 2.97. The number of imide groups is 1. The van der Waals surface area contributed by atoms with Gasteiger partial charge in [0, 0.05) is 12.7 Å². The van der Waals surface area contributed by atoms with Crippen LogP contribution in [-0.4, -0.2) is 46.5 Å². The summed E-state index contributed by atoms with van der Waals surface area (Å²) in [6.07, 6.45) is 0. The Labute approximate surface area is 204 Å². The highest BCUT2D eigenvalue weighted by atomic mass is 16.2. The molecule has 0 unspecified atom stereocenters. The maximum atomic E-state index is 13.6. The Morgan fingerprint density at radius 3 is 1.86 bits per heavy atom. The fourth-order valence-corrected chi connectivity index (χ4v) is 4.48. The number of likely N-dealkylation sites (N-methyl/N-ethyl adjacent to an activating group) is 1. The highest BCUT2D eigenvalue weighted by Crippen LogP contribution is 2.29. The fourth-order valence-electron chi connectivity index (χ4n) is 4.48. The molecule has 0 spiro atoms. The van der Waals surface area contributed by atoms with E-state index in [1.807, 2.05) is 38.1 Å². The lowest BCUT2D eigenvalue weighted by Gasteiger charge is -2.32. The number of hydrogen-bond donors (Lipinski definition) is 1. The number of carbonyl (C=O) groups is 4. The summed E-state index contributed by atoms with van der Waals surface area (Å²) in [6.45, 7) is 5.31. The second-order valence-electron chi connectivity index (χ2n) is 8.72. The first kappa shape index (κ1) is 23.9. The van der Waals surface area contributed by atoms with Crippen LogP contribution in [0.5, 0.6) is 0 Å². The minimum absolute atomic E-state index is 0.271. The van der Waals surface area contributed by atoms with Crippen molar-refractivity contribution in [3.8, 4) is 0 Å². The molecule has 178 valence electrons. The summed E-state index contributed by atoms with van der Waals surface area (Å²) in [5.74, 6) is -1.95. The summed E-state index contributed by atoms with van der Waals surface area (Å²) in [5.41, 5.74) is 3.64. The molecule has 7 nitrogen and oxygen atoms in total. The van der Waals surface area contributed by atoms with Gasteiger partial charge in [0.2, 0.25) is 5.91 Å². The molecule has 0 saturated heterocycles. The van der Waals surface area contributed by atoms with Gasteiger partial charge in [0.25, 0.3) is 17.7 Å². The molecule has 0 aliphatic carbocycles. The molecule has 4 amide bonds. The van der Waals surface area contributed by atoms with Crippen molar-refractivity contribution >= 4 is 29.3 Å². The van der Waals surface area contributed by atoms with Gasteiger partial charge in [-0.3, -0.25) is 24.1 Å². The number of nitrogens with one attached hydrogen (secondary N) is 1. The van der Waals surface area contributed by atoms with Crippen LogP contribution in [0.3, 0.4) is 0 Å². The van der Waals surface area contributed by atoms with E-state index in [2.05, 4.69) is 5.32 Å². The molecule has 3 aromatic rings.